The molecule has 2 fully saturated rings. The Morgan fingerprint density at radius 1 is 0.955 bits per heavy atom. The van der Waals surface area contributed by atoms with Crippen LogP contribution in [-0.4, -0.2) is 71.6 Å². The number of rotatable bonds is 7. The maximum atomic E-state index is 13.0. The summed E-state index contributed by atoms with van der Waals surface area (Å²) in [6.07, 6.45) is 6.59. The van der Waals surface area contributed by atoms with Gasteiger partial charge in [-0.25, -0.2) is 9.97 Å². The molecule has 7 rings (SSSR count). The van der Waals surface area contributed by atoms with Crippen molar-refractivity contribution in [3.05, 3.63) is 84.1 Å². The van der Waals surface area contributed by atoms with E-state index in [2.05, 4.69) is 69.6 Å². The van der Waals surface area contributed by atoms with Crippen molar-refractivity contribution >= 4 is 34.1 Å². The zero-order valence-corrected chi connectivity index (χ0v) is 25.9. The molecule has 3 heterocycles. The maximum Gasteiger partial charge on any atom is 0.251 e. The molecule has 2 aromatic heterocycles. The molecule has 1 aliphatic carbocycles. The Labute approximate surface area is 258 Å². The van der Waals surface area contributed by atoms with E-state index in [1.165, 1.54) is 18.4 Å². The van der Waals surface area contributed by atoms with Crippen molar-refractivity contribution in [2.24, 2.45) is 0 Å². The fourth-order valence-corrected chi connectivity index (χ4v) is 5.55. The van der Waals surface area contributed by atoms with Crippen molar-refractivity contribution in [3.8, 4) is 17.0 Å². The highest BCUT2D eigenvalue weighted by Gasteiger charge is 2.21. The van der Waals surface area contributed by atoms with E-state index >= 15 is 0 Å². The van der Waals surface area contributed by atoms with Crippen molar-refractivity contribution in [3.63, 3.8) is 0 Å². The van der Waals surface area contributed by atoms with Crippen LogP contribution in [-0.2, 0) is 0 Å². The van der Waals surface area contributed by atoms with Gasteiger partial charge in [0.2, 0.25) is 0 Å². The van der Waals surface area contributed by atoms with E-state index in [-0.39, 0.29) is 11.9 Å². The van der Waals surface area contributed by atoms with Crippen molar-refractivity contribution in [1.82, 2.24) is 29.9 Å². The number of aryl methyl sites for hydroxylation is 1. The lowest BCUT2D eigenvalue weighted by molar-refractivity contribution is 0.0916. The van der Waals surface area contributed by atoms with Gasteiger partial charge < -0.3 is 25.6 Å². The Hall–Kier alpha value is -4.47. The molecule has 1 amide bonds. The molecular formula is C35H41N7O2. The van der Waals surface area contributed by atoms with E-state index in [0.717, 1.165) is 54.3 Å². The van der Waals surface area contributed by atoms with Crippen LogP contribution in [0.5, 0.6) is 5.75 Å². The number of likely N-dealkylation sites (tertiary alicyclic amines) is 1. The second-order valence-corrected chi connectivity index (χ2v) is 11.8. The van der Waals surface area contributed by atoms with E-state index in [4.69, 9.17) is 14.7 Å². The Morgan fingerprint density at radius 3 is 2.39 bits per heavy atom. The number of imidazole rings is 1. The minimum Gasteiger partial charge on any atom is -0.495 e. The second kappa shape index (κ2) is 13.0. The number of aromatic nitrogens is 3. The van der Waals surface area contributed by atoms with E-state index in [1.54, 1.807) is 13.2 Å². The Morgan fingerprint density at radius 2 is 1.70 bits per heavy atom. The van der Waals surface area contributed by atoms with Crippen molar-refractivity contribution in [2.45, 2.75) is 44.7 Å². The average molecular weight is 592 g/mol. The summed E-state index contributed by atoms with van der Waals surface area (Å²) in [6.45, 7) is 4.06. The van der Waals surface area contributed by atoms with Crippen LogP contribution in [0.15, 0.2) is 72.9 Å². The monoisotopic (exact) mass is 591 g/mol. The number of nitrogens with zero attached hydrogens (tertiary/aromatic N) is 4. The van der Waals surface area contributed by atoms with Gasteiger partial charge in [-0.3, -0.25) is 9.20 Å². The molecule has 9 nitrogen and oxygen atoms in total. The topological polar surface area (TPSA) is 95.8 Å². The van der Waals surface area contributed by atoms with Gasteiger partial charge in [0.1, 0.15) is 5.75 Å². The molecule has 3 N–H and O–H groups in total. The molecule has 1 saturated heterocycles. The standard InChI is InChI=1S/C31H32N6O2.C4H9N/c1-20-8-10-21(11-9-20)27-19-32-30-29(34-24-6-4-5-7-26(24)37(27)30)35-25-13-12-22(18-28(25)39-3)31(38)33-23-14-16-36(2)17-15-23;1-5-4-2-3-4/h4-13,18-19,23H,14-17H2,1-3H3,(H,33,38)(H,34,35);4-5H,2-3H2,1H3. The highest BCUT2D eigenvalue weighted by molar-refractivity contribution is 5.96. The molecule has 228 valence electrons. The van der Waals surface area contributed by atoms with Crippen molar-refractivity contribution in [2.75, 3.05) is 39.6 Å². The lowest BCUT2D eigenvalue weighted by Gasteiger charge is -2.29. The van der Waals surface area contributed by atoms with Crippen LogP contribution < -0.4 is 20.7 Å². The number of ether oxygens (including phenoxy) is 1. The predicted octanol–water partition coefficient (Wildman–Crippen LogP) is 5.80. The number of piperidine rings is 1. The number of anilines is 2. The zero-order chi connectivity index (χ0) is 30.6. The molecule has 2 aliphatic rings. The van der Waals surface area contributed by atoms with E-state index in [9.17, 15) is 4.79 Å². The van der Waals surface area contributed by atoms with Gasteiger partial charge in [-0.05, 0) is 90.1 Å². The minimum absolute atomic E-state index is 0.0865. The summed E-state index contributed by atoms with van der Waals surface area (Å²) in [4.78, 5) is 24.9. The first-order valence-corrected chi connectivity index (χ1v) is 15.4. The fourth-order valence-electron chi connectivity index (χ4n) is 5.55. The third-order valence-electron chi connectivity index (χ3n) is 8.43. The average Bonchev–Trinajstić information content (AvgIpc) is 3.79. The quantitative estimate of drug-likeness (QED) is 0.220. The molecule has 0 unspecified atom stereocenters. The van der Waals surface area contributed by atoms with Gasteiger partial charge >= 0.3 is 0 Å². The summed E-state index contributed by atoms with van der Waals surface area (Å²) in [5, 5.41) is 9.74. The summed E-state index contributed by atoms with van der Waals surface area (Å²) in [5.41, 5.74) is 7.05. The zero-order valence-electron chi connectivity index (χ0n) is 25.9. The summed E-state index contributed by atoms with van der Waals surface area (Å²) in [7, 11) is 5.73. The van der Waals surface area contributed by atoms with Crippen LogP contribution >= 0.6 is 0 Å². The van der Waals surface area contributed by atoms with Gasteiger partial charge in [0.25, 0.3) is 5.91 Å². The Kier molecular flexibility index (Phi) is 8.77. The smallest absolute Gasteiger partial charge is 0.251 e. The molecule has 44 heavy (non-hydrogen) atoms. The molecule has 0 spiro atoms. The third kappa shape index (κ3) is 6.54. The van der Waals surface area contributed by atoms with Gasteiger partial charge in [-0.2, -0.15) is 0 Å². The second-order valence-electron chi connectivity index (χ2n) is 11.8. The number of amides is 1. The lowest BCUT2D eigenvalue weighted by Crippen LogP contribution is -2.43. The van der Waals surface area contributed by atoms with Gasteiger partial charge in [0.05, 0.1) is 35.7 Å². The Balaban J connectivity index is 0.000000625. The molecule has 0 radical (unpaired) electrons. The number of para-hydroxylation sites is 2. The molecule has 0 bridgehead atoms. The first-order chi connectivity index (χ1) is 21.4. The molecule has 1 saturated carbocycles. The first kappa shape index (κ1) is 29.6. The number of methoxy groups -OCH3 is 1. The highest BCUT2D eigenvalue weighted by atomic mass is 16.5. The van der Waals surface area contributed by atoms with Crippen LogP contribution in [0.25, 0.3) is 27.9 Å². The summed E-state index contributed by atoms with van der Waals surface area (Å²) in [5.74, 6) is 1.08. The maximum absolute atomic E-state index is 13.0. The van der Waals surface area contributed by atoms with Gasteiger partial charge in [-0.1, -0.05) is 42.0 Å². The number of hydrogen-bond donors (Lipinski definition) is 3. The summed E-state index contributed by atoms with van der Waals surface area (Å²) >= 11 is 0. The first-order valence-electron chi connectivity index (χ1n) is 15.4. The summed E-state index contributed by atoms with van der Waals surface area (Å²) < 4.78 is 7.82. The predicted molar refractivity (Wildman–Crippen MR) is 177 cm³/mol. The van der Waals surface area contributed by atoms with Crippen LogP contribution in [0, 0.1) is 6.92 Å². The molecular weight excluding hydrogens is 550 g/mol. The van der Waals surface area contributed by atoms with E-state index in [1.807, 2.05) is 43.6 Å². The number of benzene rings is 3. The van der Waals surface area contributed by atoms with Crippen molar-refractivity contribution < 1.29 is 9.53 Å². The number of hydrogen-bond acceptors (Lipinski definition) is 7. The van der Waals surface area contributed by atoms with Gasteiger partial charge in [0, 0.05) is 23.2 Å². The van der Waals surface area contributed by atoms with Crippen molar-refractivity contribution in [1.29, 1.82) is 0 Å². The molecule has 1 aliphatic heterocycles. The summed E-state index contributed by atoms with van der Waals surface area (Å²) in [6, 6.07) is 23.0. The largest absolute Gasteiger partial charge is 0.495 e. The number of nitrogens with one attached hydrogen (secondary N) is 3. The van der Waals surface area contributed by atoms with E-state index in [0.29, 0.717) is 28.5 Å². The van der Waals surface area contributed by atoms with Crippen LogP contribution in [0.3, 0.4) is 0 Å². The Bertz CT molecular complexity index is 1750. The SMILES string of the molecule is CNC1CC1.COc1cc(C(=O)NC2CCN(C)CC2)ccc1Nc1nc2ccccc2n2c(-c3ccc(C)cc3)cnc12. The lowest BCUT2D eigenvalue weighted by atomic mass is 10.0. The third-order valence-corrected chi connectivity index (χ3v) is 8.43. The fraction of sp³-hybridized carbons (Fsp3) is 0.343. The number of fused-ring (bicyclic) bond motifs is 3. The highest BCUT2D eigenvalue weighted by Crippen LogP contribution is 2.33. The van der Waals surface area contributed by atoms with E-state index < -0.39 is 0 Å². The van der Waals surface area contributed by atoms with Crippen LogP contribution in [0.2, 0.25) is 0 Å². The van der Waals surface area contributed by atoms with Gasteiger partial charge in [-0.15, -0.1) is 0 Å². The van der Waals surface area contributed by atoms with Gasteiger partial charge in [0.15, 0.2) is 11.5 Å². The molecule has 0 atom stereocenters. The minimum atomic E-state index is -0.0865. The molecule has 3 aromatic carbocycles. The van der Waals surface area contributed by atoms with Crippen LogP contribution in [0.1, 0.15) is 41.6 Å². The number of carbonyl (C=O) groups is 1. The molecule has 9 heteroatoms. The van der Waals surface area contributed by atoms with Crippen LogP contribution in [0.4, 0.5) is 11.5 Å². The normalized spacial score (nSPS) is 15.5. The number of carbonyl (C=O) groups excluding carboxylic acids is 1. The molecule has 5 aromatic rings.